The Morgan fingerprint density at radius 2 is 1.78 bits per heavy atom. The zero-order valence-corrected chi connectivity index (χ0v) is 29.4. The standard InChI is InChI=1S/C33H38N6O5.K.H/c1-4-7-29-28(18-22-10-12-23(13-11-22)26-8-5-6-9-27(26)30-36-33(42)44-37-30)31(41)38(32-34-19-35-39(29)32)24-14-16-25(17-15-24)43-21(3)20(2)40;;/h5-6,8-13,19-21,24-25,40H,4,7,14-18H2,1-3H3,(H,36,37,42);;/q;+1;-1. The van der Waals surface area contributed by atoms with Gasteiger partial charge in [-0.1, -0.05) is 67.0 Å². The van der Waals surface area contributed by atoms with E-state index in [1.54, 1.807) is 6.92 Å². The molecule has 1 saturated carbocycles. The normalized spacial score (nSPS) is 18.0. The summed E-state index contributed by atoms with van der Waals surface area (Å²) >= 11 is 0. The average molecular weight is 639 g/mol. The number of nitrogens with zero attached hydrogens (tertiary/aromatic N) is 5. The van der Waals surface area contributed by atoms with Gasteiger partial charge >= 0.3 is 57.1 Å². The van der Waals surface area contributed by atoms with E-state index in [-0.39, 0.29) is 76.6 Å². The van der Waals surface area contributed by atoms with Gasteiger partial charge in [-0.25, -0.2) is 9.31 Å². The Bertz CT molecular complexity index is 1860. The maximum absolute atomic E-state index is 14.3. The number of aliphatic hydroxyl groups excluding tert-OH is 1. The number of aromatic nitrogens is 6. The van der Waals surface area contributed by atoms with Crippen LogP contribution in [0.3, 0.4) is 0 Å². The van der Waals surface area contributed by atoms with Gasteiger partial charge < -0.3 is 11.3 Å². The molecule has 2 atom stereocenters. The molecule has 1 aliphatic carbocycles. The van der Waals surface area contributed by atoms with E-state index in [0.29, 0.717) is 24.4 Å². The second-order valence-corrected chi connectivity index (χ2v) is 11.7. The van der Waals surface area contributed by atoms with Crippen molar-refractivity contribution in [2.45, 2.75) is 90.1 Å². The molecule has 0 bridgehead atoms. The van der Waals surface area contributed by atoms with Crippen LogP contribution in [-0.4, -0.2) is 52.7 Å². The third-order valence-electron chi connectivity index (χ3n) is 8.68. The fraction of sp³-hybridized carbons (Fsp3) is 0.424. The first-order chi connectivity index (χ1) is 21.3. The summed E-state index contributed by atoms with van der Waals surface area (Å²) in [4.78, 5) is 33.0. The SMILES string of the molecule is CCCc1c(Cc2ccc(-c3ccccc3-c3noc(=O)[nH]3)cc2)c(=O)n(C2CCC(OC(C)C(C)O)CC2)c2ncnn12.[H-].[K+]. The summed E-state index contributed by atoms with van der Waals surface area (Å²) in [5, 5.41) is 18.3. The van der Waals surface area contributed by atoms with E-state index in [1.807, 2.05) is 64.5 Å². The molecule has 5 aromatic rings. The number of rotatable bonds is 10. The minimum absolute atomic E-state index is 0. The molecule has 0 saturated heterocycles. The van der Waals surface area contributed by atoms with Gasteiger partial charge in [0.05, 0.1) is 24.0 Å². The van der Waals surface area contributed by atoms with E-state index >= 15 is 0 Å². The molecule has 12 heteroatoms. The number of hydrogen-bond acceptors (Lipinski definition) is 8. The number of ether oxygens (including phenoxy) is 1. The second kappa shape index (κ2) is 14.8. The first-order valence-corrected chi connectivity index (χ1v) is 15.4. The minimum Gasteiger partial charge on any atom is -1.00 e. The Kier molecular flexibility index (Phi) is 11.1. The van der Waals surface area contributed by atoms with Crippen molar-refractivity contribution in [3.8, 4) is 22.5 Å². The number of H-pyrrole nitrogens is 1. The Labute approximate surface area is 304 Å². The van der Waals surface area contributed by atoms with E-state index < -0.39 is 11.9 Å². The first kappa shape index (κ1) is 33.6. The van der Waals surface area contributed by atoms with Crippen molar-refractivity contribution in [3.05, 3.63) is 92.6 Å². The maximum Gasteiger partial charge on any atom is 1.00 e. The van der Waals surface area contributed by atoms with Crippen LogP contribution in [-0.2, 0) is 17.6 Å². The molecule has 0 radical (unpaired) electrons. The van der Waals surface area contributed by atoms with Gasteiger partial charge in [0.15, 0.2) is 5.82 Å². The van der Waals surface area contributed by atoms with Crippen LogP contribution in [0.1, 0.15) is 77.2 Å². The molecule has 3 heterocycles. The number of hydrogen-bond donors (Lipinski definition) is 2. The van der Waals surface area contributed by atoms with Gasteiger partial charge in [0.1, 0.15) is 6.33 Å². The van der Waals surface area contributed by atoms with Gasteiger partial charge in [0.2, 0.25) is 5.78 Å². The molecule has 11 nitrogen and oxygen atoms in total. The Hall–Kier alpha value is -2.71. The van der Waals surface area contributed by atoms with Gasteiger partial charge in [-0.3, -0.25) is 18.9 Å². The second-order valence-electron chi connectivity index (χ2n) is 11.7. The fourth-order valence-corrected chi connectivity index (χ4v) is 6.23. The van der Waals surface area contributed by atoms with Crippen molar-refractivity contribution in [2.75, 3.05) is 0 Å². The summed E-state index contributed by atoms with van der Waals surface area (Å²) in [6, 6.07) is 15.8. The molecular formula is C33H39KN6O5. The van der Waals surface area contributed by atoms with Crippen LogP contribution in [0, 0.1) is 0 Å². The van der Waals surface area contributed by atoms with Crippen molar-refractivity contribution < 1.29 is 67.2 Å². The van der Waals surface area contributed by atoms with Crippen LogP contribution in [0.5, 0.6) is 0 Å². The Balaban J connectivity index is 0.00000240. The predicted octanol–water partition coefficient (Wildman–Crippen LogP) is 1.83. The molecule has 0 aliphatic heterocycles. The fourth-order valence-electron chi connectivity index (χ4n) is 6.23. The van der Waals surface area contributed by atoms with Crippen molar-refractivity contribution in [2.24, 2.45) is 0 Å². The third-order valence-corrected chi connectivity index (χ3v) is 8.68. The number of benzene rings is 2. The van der Waals surface area contributed by atoms with Crippen LogP contribution in [0.2, 0.25) is 0 Å². The van der Waals surface area contributed by atoms with Crippen molar-refractivity contribution in [1.82, 2.24) is 29.3 Å². The summed E-state index contributed by atoms with van der Waals surface area (Å²) < 4.78 is 14.5. The van der Waals surface area contributed by atoms with Crippen LogP contribution in [0.15, 0.2) is 69.0 Å². The van der Waals surface area contributed by atoms with Crippen molar-refractivity contribution >= 4 is 5.78 Å². The summed E-state index contributed by atoms with van der Waals surface area (Å²) in [5.41, 5.74) is 5.24. The molecule has 0 amide bonds. The molecule has 1 aliphatic rings. The smallest absolute Gasteiger partial charge is 1.00 e. The molecule has 232 valence electrons. The zero-order chi connectivity index (χ0) is 30.8. The van der Waals surface area contributed by atoms with Gasteiger partial charge in [0.25, 0.3) is 5.56 Å². The van der Waals surface area contributed by atoms with E-state index in [9.17, 15) is 14.7 Å². The molecule has 3 aromatic heterocycles. The Morgan fingerprint density at radius 1 is 1.07 bits per heavy atom. The molecule has 2 unspecified atom stereocenters. The van der Waals surface area contributed by atoms with Gasteiger partial charge in [-0.2, -0.15) is 10.1 Å². The van der Waals surface area contributed by atoms with Crippen LogP contribution in [0.4, 0.5) is 0 Å². The number of aryl methyl sites for hydroxylation is 1. The summed E-state index contributed by atoms with van der Waals surface area (Å²) in [6.45, 7) is 5.73. The molecule has 1 fully saturated rings. The number of aliphatic hydroxyl groups is 1. The molecular weight excluding hydrogens is 599 g/mol. The number of fused-ring (bicyclic) bond motifs is 1. The van der Waals surface area contributed by atoms with Crippen LogP contribution < -0.4 is 62.7 Å². The van der Waals surface area contributed by atoms with E-state index in [4.69, 9.17) is 9.26 Å². The minimum atomic E-state index is -0.602. The summed E-state index contributed by atoms with van der Waals surface area (Å²) in [5.74, 6) is 0.357. The summed E-state index contributed by atoms with van der Waals surface area (Å²) in [7, 11) is 0. The molecule has 0 spiro atoms. The Morgan fingerprint density at radius 3 is 2.42 bits per heavy atom. The van der Waals surface area contributed by atoms with Gasteiger partial charge in [-0.05, 0) is 62.6 Å². The van der Waals surface area contributed by atoms with Crippen molar-refractivity contribution in [3.63, 3.8) is 0 Å². The molecule has 2 aromatic carbocycles. The molecule has 6 rings (SSSR count). The van der Waals surface area contributed by atoms with Gasteiger partial charge in [0, 0.05) is 23.6 Å². The predicted molar refractivity (Wildman–Crippen MR) is 167 cm³/mol. The molecule has 45 heavy (non-hydrogen) atoms. The largest absolute Gasteiger partial charge is 1.00 e. The van der Waals surface area contributed by atoms with E-state index in [2.05, 4.69) is 27.1 Å². The topological polar surface area (TPSA) is 141 Å². The maximum atomic E-state index is 14.3. The van der Waals surface area contributed by atoms with E-state index in [1.165, 1.54) is 6.33 Å². The van der Waals surface area contributed by atoms with E-state index in [0.717, 1.165) is 65.6 Å². The third kappa shape index (κ3) is 7.17. The van der Waals surface area contributed by atoms with Crippen LogP contribution in [0.25, 0.3) is 28.3 Å². The number of aromatic amines is 1. The van der Waals surface area contributed by atoms with Crippen LogP contribution >= 0.6 is 0 Å². The zero-order valence-electron chi connectivity index (χ0n) is 27.3. The van der Waals surface area contributed by atoms with Gasteiger partial charge in [-0.15, -0.1) is 0 Å². The molecule has 2 N–H and O–H groups in total. The summed E-state index contributed by atoms with van der Waals surface area (Å²) in [6.07, 6.45) is 6.09. The average Bonchev–Trinajstić information content (AvgIpc) is 3.69. The van der Waals surface area contributed by atoms with Crippen molar-refractivity contribution in [1.29, 1.82) is 0 Å². The quantitative estimate of drug-likeness (QED) is 0.221. The monoisotopic (exact) mass is 638 g/mol. The number of nitrogens with one attached hydrogen (secondary N) is 1. The first-order valence-electron chi connectivity index (χ1n) is 15.4.